The summed E-state index contributed by atoms with van der Waals surface area (Å²) in [6.45, 7) is 12.4. The summed E-state index contributed by atoms with van der Waals surface area (Å²) in [5.41, 5.74) is -2.58. The molecule has 4 saturated carbocycles. The van der Waals surface area contributed by atoms with Crippen LogP contribution in [0, 0.1) is 44.8 Å². The van der Waals surface area contributed by atoms with Crippen LogP contribution in [-0.4, -0.2) is 238 Å². The van der Waals surface area contributed by atoms with Crippen LogP contribution in [0.25, 0.3) is 0 Å². The van der Waals surface area contributed by atoms with Crippen molar-refractivity contribution in [2.24, 2.45) is 44.8 Å². The molecule has 24 nitrogen and oxygen atoms in total. The molecular weight excluding hydrogens is 1020 g/mol. The number of carbonyl (C=O) groups excluding carboxylic acids is 1. The Morgan fingerprint density at radius 2 is 1.10 bits per heavy atom. The van der Waals surface area contributed by atoms with Crippen molar-refractivity contribution in [3.63, 3.8) is 0 Å². The number of carboxylic acids is 1. The molecule has 0 amide bonds. The standard InChI is InChI=1S/C53H84O24/c1-48(2)13-10-21-22(57)16-52(7)28(53(21,69)20-48)9-8-27-50(5)14-12-29(49(3,4)26(50)11-15-51(27,52)6)73-47-42(77-45-37(65)34(62)31(59)24(18-55)71-45)39(38(66)40(75-47)43(67)68)74-46-41(35(63)32(60)25(19-56)72-46)76-44-36(64)33(61)30(58)23(17-54)70-44/h9,21,23-27,29-42,44-47,54-56,58-66,69H,8,10-20H2,1-7H3,(H,67,68)/t21-,23-,24-,25-,26?,27?,29+,30-,31+,32+,33+,34+,35+,36-,37-,38+,39+,40+,41-,42-,44+,45+,46+,47-,50+,51-,52-,53+/m1/s1. The first-order valence-corrected chi connectivity index (χ1v) is 27.3. The van der Waals surface area contributed by atoms with Crippen molar-refractivity contribution in [1.82, 2.24) is 0 Å². The summed E-state index contributed by atoms with van der Waals surface area (Å²) in [5.74, 6) is -2.09. The van der Waals surface area contributed by atoms with Gasteiger partial charge in [0.25, 0.3) is 0 Å². The maximum Gasteiger partial charge on any atom is 0.335 e. The van der Waals surface area contributed by atoms with E-state index < -0.39 is 182 Å². The quantitative estimate of drug-likeness (QED) is 0.0707. The number of hydrogen-bond acceptors (Lipinski definition) is 23. The molecule has 77 heavy (non-hydrogen) atoms. The molecule has 440 valence electrons. The Morgan fingerprint density at radius 3 is 1.66 bits per heavy atom. The lowest BCUT2D eigenvalue weighted by molar-refractivity contribution is -0.407. The topological polar surface area (TPSA) is 391 Å². The first-order chi connectivity index (χ1) is 35.9. The average Bonchev–Trinajstić information content (AvgIpc) is 3.53. The highest BCUT2D eigenvalue weighted by atomic mass is 16.8. The molecule has 0 aromatic heterocycles. The molecule has 9 rings (SSSR count). The lowest BCUT2D eigenvalue weighted by atomic mass is 9.34. The van der Waals surface area contributed by atoms with Gasteiger partial charge in [-0.25, -0.2) is 4.79 Å². The number of hydrogen-bond donors (Lipinski definition) is 14. The Labute approximate surface area is 446 Å². The van der Waals surface area contributed by atoms with Crippen molar-refractivity contribution in [1.29, 1.82) is 0 Å². The number of aliphatic carboxylic acids is 1. The van der Waals surface area contributed by atoms with Gasteiger partial charge in [-0.2, -0.15) is 0 Å². The largest absolute Gasteiger partial charge is 0.479 e. The van der Waals surface area contributed by atoms with Crippen LogP contribution in [0.2, 0.25) is 0 Å². The Morgan fingerprint density at radius 1 is 0.584 bits per heavy atom. The summed E-state index contributed by atoms with van der Waals surface area (Å²) < 4.78 is 48.7. The SMILES string of the molecule is CC1(C)CC[C@@H]2C(=O)C[C@]3(C)C(=CCC4[C@@]5(C)CC[C@H](O[C@@H]6O[C@H](C(=O)O)[C@@H](O)[C@H](O[C@@H]7O[C@H](CO)[C@H](O)[C@H](O)[C@H]7O[C@@H]7O[C@H](CO)[C@@H](O)[C@H](O)[C@H]7O)[C@H]6O[C@@H]6O[C@H](CO)[C@H](O)[C@H](O)[C@H]6O)C(C)(C)C5CC[C@]43C)[C@]2(O)C1. The van der Waals surface area contributed by atoms with Crippen molar-refractivity contribution in [3.05, 3.63) is 11.6 Å². The predicted molar refractivity (Wildman–Crippen MR) is 259 cm³/mol. The first-order valence-electron chi connectivity index (χ1n) is 27.3. The maximum atomic E-state index is 14.3. The monoisotopic (exact) mass is 1100 g/mol. The number of carbonyl (C=O) groups is 2. The zero-order valence-corrected chi connectivity index (χ0v) is 44.8. The van der Waals surface area contributed by atoms with Crippen LogP contribution < -0.4 is 0 Å². The molecule has 0 aromatic carbocycles. The van der Waals surface area contributed by atoms with Crippen LogP contribution in [0.15, 0.2) is 11.6 Å². The normalized spacial score (nSPS) is 53.5. The number of fused-ring (bicyclic) bond motifs is 7. The van der Waals surface area contributed by atoms with E-state index in [9.17, 15) is 81.1 Å². The molecule has 0 radical (unpaired) electrons. The van der Waals surface area contributed by atoms with Crippen molar-refractivity contribution >= 4 is 11.8 Å². The van der Waals surface area contributed by atoms with Crippen molar-refractivity contribution in [3.8, 4) is 0 Å². The third kappa shape index (κ3) is 9.70. The zero-order chi connectivity index (χ0) is 56.4. The van der Waals surface area contributed by atoms with E-state index in [1.54, 1.807) is 0 Å². The highest BCUT2D eigenvalue weighted by Gasteiger charge is 2.71. The number of rotatable bonds is 12. The summed E-state index contributed by atoms with van der Waals surface area (Å²) in [6, 6.07) is 0. The molecule has 0 spiro atoms. The lowest BCUT2D eigenvalue weighted by Gasteiger charge is -2.71. The third-order valence-corrected chi connectivity index (χ3v) is 20.7. The fraction of sp³-hybridized carbons (Fsp3) is 0.925. The minimum absolute atomic E-state index is 0.0510. The van der Waals surface area contributed by atoms with Crippen LogP contribution in [0.5, 0.6) is 0 Å². The fourth-order valence-corrected chi connectivity index (χ4v) is 16.3. The highest BCUT2D eigenvalue weighted by molar-refractivity contribution is 5.86. The Balaban J connectivity index is 1.05. The van der Waals surface area contributed by atoms with Crippen LogP contribution in [0.1, 0.15) is 106 Å². The minimum atomic E-state index is -2.28. The van der Waals surface area contributed by atoms with Gasteiger partial charge in [-0.05, 0) is 90.4 Å². The first kappa shape index (κ1) is 59.7. The van der Waals surface area contributed by atoms with E-state index in [1.807, 2.05) is 13.8 Å². The molecule has 8 fully saturated rings. The molecular formula is C53H84O24. The van der Waals surface area contributed by atoms with Crippen LogP contribution in [-0.2, 0) is 47.5 Å². The molecule has 4 aliphatic heterocycles. The Kier molecular flexibility index (Phi) is 16.5. The van der Waals surface area contributed by atoms with E-state index in [0.29, 0.717) is 51.4 Å². The molecule has 9 aliphatic rings. The van der Waals surface area contributed by atoms with Gasteiger partial charge < -0.3 is 109 Å². The van der Waals surface area contributed by atoms with Gasteiger partial charge in [-0.3, -0.25) is 4.79 Å². The summed E-state index contributed by atoms with van der Waals surface area (Å²) in [4.78, 5) is 27.4. The van der Waals surface area contributed by atoms with E-state index in [-0.39, 0.29) is 28.4 Å². The number of allylic oxidation sites excluding steroid dienone is 1. The van der Waals surface area contributed by atoms with E-state index in [2.05, 4.69) is 40.7 Å². The third-order valence-electron chi connectivity index (χ3n) is 20.7. The minimum Gasteiger partial charge on any atom is -0.479 e. The van der Waals surface area contributed by atoms with Gasteiger partial charge in [0.15, 0.2) is 31.3 Å². The number of Topliss-reactive ketones (excluding diaryl/α,β-unsaturated/α-hetero) is 1. The predicted octanol–water partition coefficient (Wildman–Crippen LogP) is -2.54. The second-order valence-corrected chi connectivity index (χ2v) is 25.9. The van der Waals surface area contributed by atoms with E-state index in [4.69, 9.17) is 37.9 Å². The second kappa shape index (κ2) is 21.3. The molecule has 2 unspecified atom stereocenters. The second-order valence-electron chi connectivity index (χ2n) is 25.9. The molecule has 0 bridgehead atoms. The number of ether oxygens (including phenoxy) is 8. The van der Waals surface area contributed by atoms with Gasteiger partial charge in [0, 0.05) is 11.8 Å². The lowest BCUT2D eigenvalue weighted by Crippen LogP contribution is -2.69. The van der Waals surface area contributed by atoms with E-state index in [0.717, 1.165) is 12.0 Å². The molecule has 14 N–H and O–H groups in total. The van der Waals surface area contributed by atoms with Gasteiger partial charge in [-0.1, -0.05) is 54.5 Å². The highest BCUT2D eigenvalue weighted by Crippen LogP contribution is 2.75. The summed E-state index contributed by atoms with van der Waals surface area (Å²) in [6.07, 6.45) is -32.2. The maximum absolute atomic E-state index is 14.3. The molecule has 5 aliphatic carbocycles. The van der Waals surface area contributed by atoms with Gasteiger partial charge in [0.2, 0.25) is 0 Å². The van der Waals surface area contributed by atoms with Crippen molar-refractivity contribution < 1.29 is 119 Å². The van der Waals surface area contributed by atoms with Crippen LogP contribution in [0.3, 0.4) is 0 Å². The smallest absolute Gasteiger partial charge is 0.335 e. The van der Waals surface area contributed by atoms with Gasteiger partial charge in [0.1, 0.15) is 97.3 Å². The summed E-state index contributed by atoms with van der Waals surface area (Å²) in [7, 11) is 0. The number of ketones is 1. The van der Waals surface area contributed by atoms with E-state index in [1.165, 1.54) is 0 Å². The fourth-order valence-electron chi connectivity index (χ4n) is 16.3. The zero-order valence-electron chi connectivity index (χ0n) is 44.8. The Hall–Kier alpha value is -1.96. The average molecular weight is 1110 g/mol. The van der Waals surface area contributed by atoms with Crippen molar-refractivity contribution in [2.45, 2.75) is 241 Å². The van der Waals surface area contributed by atoms with Gasteiger partial charge >= 0.3 is 5.97 Å². The summed E-state index contributed by atoms with van der Waals surface area (Å²) in [5, 5.41) is 153. The van der Waals surface area contributed by atoms with Crippen LogP contribution >= 0.6 is 0 Å². The van der Waals surface area contributed by atoms with E-state index >= 15 is 0 Å². The molecule has 4 heterocycles. The Bertz CT molecular complexity index is 2180. The number of aliphatic hydroxyl groups is 13. The molecule has 0 aromatic rings. The molecule has 28 atom stereocenters. The van der Waals surface area contributed by atoms with Crippen LogP contribution in [0.4, 0.5) is 0 Å². The molecule has 4 saturated heterocycles. The van der Waals surface area contributed by atoms with Gasteiger partial charge in [-0.15, -0.1) is 0 Å². The number of carboxylic acid groups (broad SMARTS) is 1. The van der Waals surface area contributed by atoms with Crippen molar-refractivity contribution in [2.75, 3.05) is 19.8 Å². The van der Waals surface area contributed by atoms with Gasteiger partial charge in [0.05, 0.1) is 37.4 Å². The number of aliphatic hydroxyl groups excluding tert-OH is 12. The molecule has 24 heteroatoms. The summed E-state index contributed by atoms with van der Waals surface area (Å²) >= 11 is 0.